The van der Waals surface area contributed by atoms with E-state index in [-0.39, 0.29) is 0 Å². The Morgan fingerprint density at radius 2 is 2.05 bits per heavy atom. The number of nitrogens with zero attached hydrogens (tertiary/aromatic N) is 3. The number of rotatable bonds is 3. The molecule has 0 amide bonds. The van der Waals surface area contributed by atoms with Gasteiger partial charge in [0.1, 0.15) is 5.69 Å². The first-order valence-electron chi connectivity index (χ1n) is 7.43. The van der Waals surface area contributed by atoms with Gasteiger partial charge in [0.25, 0.3) is 0 Å². The summed E-state index contributed by atoms with van der Waals surface area (Å²) < 4.78 is 1.86. The lowest BCUT2D eigenvalue weighted by atomic mass is 9.96. The van der Waals surface area contributed by atoms with Crippen molar-refractivity contribution in [3.8, 4) is 6.07 Å². The molecule has 0 bridgehead atoms. The lowest BCUT2D eigenvalue weighted by Gasteiger charge is -2.17. The van der Waals surface area contributed by atoms with Gasteiger partial charge in [-0.25, -0.2) is 4.68 Å². The molecular weight excluding hydrogens is 274 g/mol. The second-order valence-electron chi connectivity index (χ2n) is 5.65. The second kappa shape index (κ2) is 5.98. The van der Waals surface area contributed by atoms with Crippen molar-refractivity contribution in [1.82, 2.24) is 9.78 Å². The Bertz CT molecular complexity index is 782. The van der Waals surface area contributed by atoms with E-state index in [9.17, 15) is 4.79 Å². The summed E-state index contributed by atoms with van der Waals surface area (Å²) in [5, 5.41) is 13.3. The van der Waals surface area contributed by atoms with Gasteiger partial charge in [0, 0.05) is 11.3 Å². The number of carbonyl (C=O) groups is 1. The predicted molar refractivity (Wildman–Crippen MR) is 85.8 cm³/mol. The summed E-state index contributed by atoms with van der Waals surface area (Å²) in [5.74, 6) is 0. The van der Waals surface area contributed by atoms with Crippen LogP contribution in [-0.4, -0.2) is 16.1 Å². The highest BCUT2D eigenvalue weighted by atomic mass is 16.1. The normalized spacial score (nSPS) is 17.8. The van der Waals surface area contributed by atoms with Crippen LogP contribution in [0.5, 0.6) is 0 Å². The van der Waals surface area contributed by atoms with Crippen LogP contribution in [0.3, 0.4) is 0 Å². The lowest BCUT2D eigenvalue weighted by Crippen LogP contribution is -2.07. The first kappa shape index (κ1) is 14.3. The lowest BCUT2D eigenvalue weighted by molar-refractivity contribution is 0.111. The number of allylic oxidation sites excluding steroid dienone is 8. The molecule has 1 aromatic heterocycles. The molecule has 1 aromatic rings. The maximum Gasteiger partial charge on any atom is 0.170 e. The Morgan fingerprint density at radius 1 is 1.18 bits per heavy atom. The standard InChI is InChI=1S/C18H17N3O/c1-13-2-6-15(7-3-13)18-10-16(12-22)20-21(18)17-8-4-14(11-19)5-9-17/h2,4,6,8,10,12H,3,5,7,9H2,1H3. The Hall–Kier alpha value is -2.67. The van der Waals surface area contributed by atoms with E-state index in [1.807, 2.05) is 22.9 Å². The molecule has 3 rings (SSSR count). The van der Waals surface area contributed by atoms with Gasteiger partial charge in [-0.3, -0.25) is 4.79 Å². The quantitative estimate of drug-likeness (QED) is 0.793. The van der Waals surface area contributed by atoms with Crippen molar-refractivity contribution in [2.45, 2.75) is 32.6 Å². The van der Waals surface area contributed by atoms with E-state index >= 15 is 0 Å². The number of nitriles is 1. The third kappa shape index (κ3) is 2.71. The van der Waals surface area contributed by atoms with Gasteiger partial charge < -0.3 is 0 Å². The van der Waals surface area contributed by atoms with Gasteiger partial charge in [-0.1, -0.05) is 17.7 Å². The minimum atomic E-state index is 0.443. The summed E-state index contributed by atoms with van der Waals surface area (Å²) in [6.07, 6.45) is 12.3. The minimum absolute atomic E-state index is 0.443. The highest BCUT2D eigenvalue weighted by Gasteiger charge is 2.17. The zero-order valence-electron chi connectivity index (χ0n) is 12.5. The Kier molecular flexibility index (Phi) is 3.88. The van der Waals surface area contributed by atoms with Crippen molar-refractivity contribution >= 4 is 17.6 Å². The highest BCUT2D eigenvalue weighted by molar-refractivity contribution is 5.77. The monoisotopic (exact) mass is 291 g/mol. The van der Waals surface area contributed by atoms with E-state index in [1.165, 1.54) is 11.1 Å². The molecule has 0 unspecified atom stereocenters. The van der Waals surface area contributed by atoms with Gasteiger partial charge in [0.05, 0.1) is 11.8 Å². The first-order valence-corrected chi connectivity index (χ1v) is 7.43. The van der Waals surface area contributed by atoms with Crippen LogP contribution in [0.4, 0.5) is 0 Å². The van der Waals surface area contributed by atoms with Crippen molar-refractivity contribution in [3.63, 3.8) is 0 Å². The SMILES string of the molecule is CC1=CC=C(c2cc(C=O)nn2C2=CC=C(C#N)CC2)CC1. The van der Waals surface area contributed by atoms with E-state index in [0.717, 1.165) is 48.9 Å². The van der Waals surface area contributed by atoms with E-state index in [1.54, 1.807) is 0 Å². The molecule has 0 saturated carbocycles. The van der Waals surface area contributed by atoms with Crippen LogP contribution < -0.4 is 0 Å². The van der Waals surface area contributed by atoms with Crippen LogP contribution in [0.25, 0.3) is 11.3 Å². The second-order valence-corrected chi connectivity index (χ2v) is 5.65. The summed E-state index contributed by atoms with van der Waals surface area (Å²) in [5.41, 5.74) is 5.79. The predicted octanol–water partition coefficient (Wildman–Crippen LogP) is 3.90. The van der Waals surface area contributed by atoms with Crippen LogP contribution in [0.2, 0.25) is 0 Å². The molecule has 0 spiro atoms. The van der Waals surface area contributed by atoms with Gasteiger partial charge in [-0.2, -0.15) is 10.4 Å². The molecule has 22 heavy (non-hydrogen) atoms. The van der Waals surface area contributed by atoms with E-state index in [0.29, 0.717) is 5.69 Å². The van der Waals surface area contributed by atoms with Crippen molar-refractivity contribution in [3.05, 3.63) is 52.9 Å². The average molecular weight is 291 g/mol. The zero-order chi connectivity index (χ0) is 15.5. The summed E-state index contributed by atoms with van der Waals surface area (Å²) in [6.45, 7) is 2.12. The third-order valence-corrected chi connectivity index (χ3v) is 4.08. The fraction of sp³-hybridized carbons (Fsp3) is 0.278. The van der Waals surface area contributed by atoms with Crippen molar-refractivity contribution in [2.75, 3.05) is 0 Å². The molecule has 2 aliphatic carbocycles. The Morgan fingerprint density at radius 3 is 2.64 bits per heavy atom. The van der Waals surface area contributed by atoms with E-state index in [2.05, 4.69) is 30.2 Å². The molecular formula is C18H17N3O. The van der Waals surface area contributed by atoms with Gasteiger partial charge >= 0.3 is 0 Å². The van der Waals surface area contributed by atoms with Gasteiger partial charge in [0.2, 0.25) is 0 Å². The molecule has 2 aliphatic rings. The van der Waals surface area contributed by atoms with Crippen molar-refractivity contribution in [1.29, 1.82) is 5.26 Å². The average Bonchev–Trinajstić information content (AvgIpc) is 3.00. The van der Waals surface area contributed by atoms with Crippen LogP contribution in [-0.2, 0) is 0 Å². The molecule has 4 nitrogen and oxygen atoms in total. The number of aldehydes is 1. The Balaban J connectivity index is 2.04. The molecule has 0 aromatic carbocycles. The number of hydrogen-bond acceptors (Lipinski definition) is 3. The molecule has 1 heterocycles. The first-order chi connectivity index (χ1) is 10.7. The maximum absolute atomic E-state index is 11.1. The maximum atomic E-state index is 11.1. The van der Waals surface area contributed by atoms with E-state index in [4.69, 9.17) is 5.26 Å². The van der Waals surface area contributed by atoms with E-state index < -0.39 is 0 Å². The zero-order valence-corrected chi connectivity index (χ0v) is 12.5. The van der Waals surface area contributed by atoms with Crippen LogP contribution in [0.15, 0.2) is 41.5 Å². The molecule has 0 fully saturated rings. The number of aromatic nitrogens is 2. The minimum Gasteiger partial charge on any atom is -0.296 e. The number of carbonyl (C=O) groups excluding carboxylic acids is 1. The smallest absolute Gasteiger partial charge is 0.170 e. The fourth-order valence-corrected chi connectivity index (χ4v) is 2.76. The summed E-state index contributed by atoms with van der Waals surface area (Å²) >= 11 is 0. The van der Waals surface area contributed by atoms with Crippen LogP contribution >= 0.6 is 0 Å². The molecule has 110 valence electrons. The fourth-order valence-electron chi connectivity index (χ4n) is 2.76. The van der Waals surface area contributed by atoms with Crippen molar-refractivity contribution in [2.24, 2.45) is 0 Å². The van der Waals surface area contributed by atoms with Crippen LogP contribution in [0.1, 0.15) is 48.8 Å². The van der Waals surface area contributed by atoms with Crippen molar-refractivity contribution < 1.29 is 4.79 Å². The molecule has 0 N–H and O–H groups in total. The molecule has 0 saturated heterocycles. The molecule has 0 aliphatic heterocycles. The number of hydrogen-bond donors (Lipinski definition) is 0. The van der Waals surface area contributed by atoms with Gasteiger partial charge in [-0.05, 0) is 56.4 Å². The van der Waals surface area contributed by atoms with Gasteiger partial charge in [0.15, 0.2) is 6.29 Å². The topological polar surface area (TPSA) is 58.7 Å². The largest absolute Gasteiger partial charge is 0.296 e. The van der Waals surface area contributed by atoms with Gasteiger partial charge in [-0.15, -0.1) is 0 Å². The Labute approximate surface area is 129 Å². The summed E-state index contributed by atoms with van der Waals surface area (Å²) in [4.78, 5) is 11.1. The molecule has 0 atom stereocenters. The third-order valence-electron chi connectivity index (χ3n) is 4.08. The molecule has 4 heteroatoms. The highest BCUT2D eigenvalue weighted by Crippen LogP contribution is 2.30. The van der Waals surface area contributed by atoms with Crippen LogP contribution in [0, 0.1) is 11.3 Å². The summed E-state index contributed by atoms with van der Waals surface area (Å²) in [6, 6.07) is 4.03. The molecule has 0 radical (unpaired) electrons. The summed E-state index contributed by atoms with van der Waals surface area (Å²) in [7, 11) is 0.